The molecule has 2 aromatic heterocycles. The zero-order chi connectivity index (χ0) is 19.6. The van der Waals surface area contributed by atoms with Gasteiger partial charge in [0.1, 0.15) is 16.5 Å². The van der Waals surface area contributed by atoms with Crippen LogP contribution in [0.15, 0.2) is 24.3 Å². The lowest BCUT2D eigenvalue weighted by molar-refractivity contribution is 0.0949. The fourth-order valence-corrected chi connectivity index (χ4v) is 3.92. The smallest absolute Gasteiger partial charge is 0.251 e. The summed E-state index contributed by atoms with van der Waals surface area (Å²) < 4.78 is 0. The molecule has 0 aliphatic heterocycles. The van der Waals surface area contributed by atoms with Gasteiger partial charge in [0.2, 0.25) is 0 Å². The van der Waals surface area contributed by atoms with Crippen molar-refractivity contribution in [2.45, 2.75) is 41.2 Å². The van der Waals surface area contributed by atoms with Crippen molar-refractivity contribution in [3.63, 3.8) is 0 Å². The highest BCUT2D eigenvalue weighted by Crippen LogP contribution is 2.33. The summed E-state index contributed by atoms with van der Waals surface area (Å²) in [6.07, 6.45) is 0. The van der Waals surface area contributed by atoms with E-state index in [4.69, 9.17) is 0 Å². The molecule has 3 rings (SSSR count). The molecule has 6 heteroatoms. The summed E-state index contributed by atoms with van der Waals surface area (Å²) in [5.41, 5.74) is 3.02. The maximum atomic E-state index is 12.1. The Kier molecular flexibility index (Phi) is 5.75. The number of carbonyl (C=O) groups is 1. The van der Waals surface area contributed by atoms with Crippen LogP contribution in [0, 0.1) is 26.7 Å². The van der Waals surface area contributed by atoms with Crippen molar-refractivity contribution in [1.29, 1.82) is 0 Å². The Hall–Kier alpha value is -2.47. The van der Waals surface area contributed by atoms with Crippen LogP contribution >= 0.6 is 11.3 Å². The van der Waals surface area contributed by atoms with Gasteiger partial charge in [0.05, 0.1) is 5.39 Å². The minimum atomic E-state index is -0.0271. The van der Waals surface area contributed by atoms with Gasteiger partial charge in [-0.25, -0.2) is 9.97 Å². The molecule has 0 radical (unpaired) electrons. The van der Waals surface area contributed by atoms with Crippen molar-refractivity contribution in [1.82, 2.24) is 15.3 Å². The third-order valence-electron chi connectivity index (χ3n) is 4.49. The molecule has 0 unspecified atom stereocenters. The number of thiophene rings is 1. The van der Waals surface area contributed by atoms with Gasteiger partial charge in [-0.1, -0.05) is 26.0 Å². The number of amides is 1. The van der Waals surface area contributed by atoms with Crippen LogP contribution in [-0.2, 0) is 6.54 Å². The number of aryl methyl sites for hydroxylation is 3. The van der Waals surface area contributed by atoms with E-state index in [9.17, 15) is 4.79 Å². The van der Waals surface area contributed by atoms with Crippen LogP contribution in [-0.4, -0.2) is 22.4 Å². The standard InChI is InChI=1S/C21H26N4OS/c1-12(2)10-23-20(26)17-8-6-16(7-9-17)11-22-19-18-13(3)14(4)27-21(18)25-15(5)24-19/h6-9,12H,10-11H2,1-5H3,(H,23,26)(H,22,24,25). The zero-order valence-corrected chi connectivity index (χ0v) is 17.3. The van der Waals surface area contributed by atoms with Crippen molar-refractivity contribution in [3.05, 3.63) is 51.7 Å². The normalized spacial score (nSPS) is 11.2. The van der Waals surface area contributed by atoms with Gasteiger partial charge in [0.15, 0.2) is 0 Å². The Morgan fingerprint density at radius 2 is 1.81 bits per heavy atom. The molecule has 5 nitrogen and oxygen atoms in total. The average Bonchev–Trinajstić information content (AvgIpc) is 2.91. The number of fused-ring (bicyclic) bond motifs is 1. The Morgan fingerprint density at radius 3 is 2.48 bits per heavy atom. The molecule has 0 aliphatic carbocycles. The van der Waals surface area contributed by atoms with E-state index in [1.807, 2.05) is 31.2 Å². The Balaban J connectivity index is 1.72. The van der Waals surface area contributed by atoms with Crippen LogP contribution in [0.2, 0.25) is 0 Å². The predicted octanol–water partition coefficient (Wildman–Crippen LogP) is 4.61. The predicted molar refractivity (Wildman–Crippen MR) is 113 cm³/mol. The summed E-state index contributed by atoms with van der Waals surface area (Å²) in [5.74, 6) is 2.05. The van der Waals surface area contributed by atoms with Crippen molar-refractivity contribution < 1.29 is 4.79 Å². The minimum Gasteiger partial charge on any atom is -0.365 e. The van der Waals surface area contributed by atoms with E-state index in [0.29, 0.717) is 24.6 Å². The summed E-state index contributed by atoms with van der Waals surface area (Å²) in [6.45, 7) is 11.6. The van der Waals surface area contributed by atoms with E-state index in [1.165, 1.54) is 10.4 Å². The van der Waals surface area contributed by atoms with Gasteiger partial charge in [-0.15, -0.1) is 11.3 Å². The van der Waals surface area contributed by atoms with Crippen LogP contribution in [0.3, 0.4) is 0 Å². The second-order valence-electron chi connectivity index (χ2n) is 7.24. The second-order valence-corrected chi connectivity index (χ2v) is 8.44. The van der Waals surface area contributed by atoms with E-state index in [0.717, 1.165) is 27.4 Å². The van der Waals surface area contributed by atoms with Crippen molar-refractivity contribution >= 4 is 33.3 Å². The van der Waals surface area contributed by atoms with Gasteiger partial charge < -0.3 is 10.6 Å². The fourth-order valence-electron chi connectivity index (χ4n) is 2.84. The van der Waals surface area contributed by atoms with E-state index in [1.54, 1.807) is 11.3 Å². The number of benzene rings is 1. The van der Waals surface area contributed by atoms with Gasteiger partial charge in [-0.05, 0) is 49.9 Å². The summed E-state index contributed by atoms with van der Waals surface area (Å²) >= 11 is 1.70. The molecule has 0 atom stereocenters. The van der Waals surface area contributed by atoms with E-state index in [2.05, 4.69) is 48.3 Å². The fraction of sp³-hybridized carbons (Fsp3) is 0.381. The summed E-state index contributed by atoms with van der Waals surface area (Å²) in [5, 5.41) is 7.49. The maximum Gasteiger partial charge on any atom is 0.251 e. The molecule has 0 saturated heterocycles. The molecular weight excluding hydrogens is 356 g/mol. The largest absolute Gasteiger partial charge is 0.365 e. The third-order valence-corrected chi connectivity index (χ3v) is 5.59. The number of aromatic nitrogens is 2. The van der Waals surface area contributed by atoms with Crippen molar-refractivity contribution in [2.24, 2.45) is 5.92 Å². The third kappa shape index (κ3) is 4.45. The summed E-state index contributed by atoms with van der Waals surface area (Å²) in [4.78, 5) is 23.6. The highest BCUT2D eigenvalue weighted by molar-refractivity contribution is 7.18. The Labute approximate surface area is 164 Å². The number of nitrogens with one attached hydrogen (secondary N) is 2. The van der Waals surface area contributed by atoms with Gasteiger partial charge in [-0.3, -0.25) is 4.79 Å². The molecule has 142 valence electrons. The minimum absolute atomic E-state index is 0.0271. The summed E-state index contributed by atoms with van der Waals surface area (Å²) in [7, 11) is 0. The Bertz CT molecular complexity index is 960. The van der Waals surface area contributed by atoms with E-state index >= 15 is 0 Å². The number of rotatable bonds is 6. The SMILES string of the molecule is Cc1nc(NCc2ccc(C(=O)NCC(C)C)cc2)c2c(C)c(C)sc2n1. The number of hydrogen-bond donors (Lipinski definition) is 2. The number of carbonyl (C=O) groups excluding carboxylic acids is 1. The molecule has 3 aromatic rings. The number of anilines is 1. The first-order valence-corrected chi connectivity index (χ1v) is 10.0. The maximum absolute atomic E-state index is 12.1. The Morgan fingerprint density at radius 1 is 1.11 bits per heavy atom. The van der Waals surface area contributed by atoms with Crippen LogP contribution in [0.1, 0.15) is 46.0 Å². The second kappa shape index (κ2) is 8.05. The van der Waals surface area contributed by atoms with Crippen LogP contribution < -0.4 is 10.6 Å². The van der Waals surface area contributed by atoms with Gasteiger partial charge in [0, 0.05) is 23.5 Å². The highest BCUT2D eigenvalue weighted by Gasteiger charge is 2.13. The first kappa shape index (κ1) is 19.3. The lowest BCUT2D eigenvalue weighted by Crippen LogP contribution is -2.27. The van der Waals surface area contributed by atoms with Crippen molar-refractivity contribution in [2.75, 3.05) is 11.9 Å². The first-order chi connectivity index (χ1) is 12.8. The molecule has 0 saturated carbocycles. The molecule has 27 heavy (non-hydrogen) atoms. The highest BCUT2D eigenvalue weighted by atomic mass is 32.1. The quantitative estimate of drug-likeness (QED) is 0.653. The molecule has 1 amide bonds. The van der Waals surface area contributed by atoms with Crippen LogP contribution in [0.4, 0.5) is 5.82 Å². The lowest BCUT2D eigenvalue weighted by Gasteiger charge is -2.10. The van der Waals surface area contributed by atoms with Crippen LogP contribution in [0.25, 0.3) is 10.2 Å². The van der Waals surface area contributed by atoms with Gasteiger partial charge in [0.25, 0.3) is 5.91 Å². The molecule has 0 spiro atoms. The lowest BCUT2D eigenvalue weighted by atomic mass is 10.1. The molecule has 0 aliphatic rings. The van der Waals surface area contributed by atoms with Gasteiger partial charge in [-0.2, -0.15) is 0 Å². The zero-order valence-electron chi connectivity index (χ0n) is 16.5. The molecule has 0 fully saturated rings. The summed E-state index contributed by atoms with van der Waals surface area (Å²) in [6, 6.07) is 7.70. The number of hydrogen-bond acceptors (Lipinski definition) is 5. The number of nitrogens with zero attached hydrogens (tertiary/aromatic N) is 2. The molecular formula is C21H26N4OS. The molecule has 0 bridgehead atoms. The average molecular weight is 383 g/mol. The topological polar surface area (TPSA) is 66.9 Å². The monoisotopic (exact) mass is 382 g/mol. The first-order valence-electron chi connectivity index (χ1n) is 9.20. The molecule has 2 heterocycles. The molecule has 2 N–H and O–H groups in total. The van der Waals surface area contributed by atoms with E-state index < -0.39 is 0 Å². The molecule has 1 aromatic carbocycles. The van der Waals surface area contributed by atoms with Crippen LogP contribution in [0.5, 0.6) is 0 Å². The van der Waals surface area contributed by atoms with Gasteiger partial charge >= 0.3 is 0 Å². The van der Waals surface area contributed by atoms with E-state index in [-0.39, 0.29) is 5.91 Å². The van der Waals surface area contributed by atoms with Crippen molar-refractivity contribution in [3.8, 4) is 0 Å².